The van der Waals surface area contributed by atoms with Gasteiger partial charge < -0.3 is 0 Å². The molecule has 4 nitrogen and oxygen atoms in total. The van der Waals surface area contributed by atoms with Gasteiger partial charge in [0.25, 0.3) is 0 Å². The molecule has 0 saturated heterocycles. The van der Waals surface area contributed by atoms with Crippen molar-refractivity contribution in [2.24, 2.45) is 10.1 Å². The summed E-state index contributed by atoms with van der Waals surface area (Å²) >= 11 is 4.42. The molecule has 0 aliphatic rings. The van der Waals surface area contributed by atoms with E-state index in [1.54, 1.807) is 12.1 Å². The lowest BCUT2D eigenvalue weighted by Gasteiger charge is -2.00. The molecule has 0 amide bonds. The van der Waals surface area contributed by atoms with Gasteiger partial charge in [-0.05, 0) is 36.3 Å². The second-order valence-electron chi connectivity index (χ2n) is 2.91. The van der Waals surface area contributed by atoms with Gasteiger partial charge in [0.05, 0.1) is 16.6 Å². The molecule has 0 bridgehead atoms. The number of sulfonamides is 1. The van der Waals surface area contributed by atoms with Gasteiger partial charge in [-0.3, -0.25) is 0 Å². The number of benzene rings is 1. The Morgan fingerprint density at radius 2 is 1.93 bits per heavy atom. The molecule has 1 rings (SSSR count). The van der Waals surface area contributed by atoms with Crippen molar-refractivity contribution >= 4 is 27.4 Å². The molecule has 0 heterocycles. The smallest absolute Gasteiger partial charge is 0.232 e. The summed E-state index contributed by atoms with van der Waals surface area (Å²) in [5, 5.41) is 7.22. The number of primary sulfonamides is 1. The van der Waals surface area contributed by atoms with Crippen molar-refractivity contribution in [2.75, 3.05) is 6.54 Å². The van der Waals surface area contributed by atoms with Gasteiger partial charge in [0.2, 0.25) is 10.0 Å². The van der Waals surface area contributed by atoms with E-state index in [4.69, 9.17) is 5.14 Å². The number of nitrogens with zero attached hydrogens (tertiary/aromatic N) is 1. The maximum absolute atomic E-state index is 10.9. The van der Waals surface area contributed by atoms with Crippen LogP contribution in [0, 0.1) is 0 Å². The monoisotopic (exact) mass is 242 g/mol. The van der Waals surface area contributed by atoms with Crippen LogP contribution in [0.15, 0.2) is 34.2 Å². The summed E-state index contributed by atoms with van der Waals surface area (Å²) in [6, 6.07) is 6.37. The Kier molecular flexibility index (Phi) is 4.11. The van der Waals surface area contributed by atoms with Gasteiger partial charge in [-0.1, -0.05) is 12.1 Å². The van der Waals surface area contributed by atoms with Gasteiger partial charge in [0.1, 0.15) is 0 Å². The van der Waals surface area contributed by atoms with E-state index in [-0.39, 0.29) is 4.90 Å². The van der Waals surface area contributed by atoms with Crippen LogP contribution in [0.25, 0.3) is 0 Å². The van der Waals surface area contributed by atoms with E-state index in [2.05, 4.69) is 22.4 Å². The third-order valence-corrected chi connectivity index (χ3v) is 2.89. The Morgan fingerprint density at radius 3 is 2.40 bits per heavy atom. The summed E-state index contributed by atoms with van der Waals surface area (Å²) in [6.45, 7) is 0.554. The Balaban J connectivity index is 2.77. The topological polar surface area (TPSA) is 72.5 Å². The second-order valence-corrected chi connectivity index (χ2v) is 4.66. The third-order valence-electron chi connectivity index (χ3n) is 1.83. The molecule has 6 heteroatoms. The Labute approximate surface area is 93.9 Å². The molecule has 0 spiro atoms. The average Bonchev–Trinajstić information content (AvgIpc) is 2.18. The van der Waals surface area contributed by atoms with Gasteiger partial charge >= 0.3 is 0 Å². The van der Waals surface area contributed by atoms with E-state index in [0.29, 0.717) is 13.0 Å². The number of nitrogens with two attached hydrogens (primary N) is 1. The summed E-state index contributed by atoms with van der Waals surface area (Å²) in [5.74, 6) is 0. The Bertz CT molecular complexity index is 473. The van der Waals surface area contributed by atoms with Crippen LogP contribution in [0.3, 0.4) is 0 Å². The van der Waals surface area contributed by atoms with Crippen molar-refractivity contribution in [1.29, 1.82) is 0 Å². The summed E-state index contributed by atoms with van der Waals surface area (Å²) in [7, 11) is -3.60. The second kappa shape index (κ2) is 5.14. The van der Waals surface area contributed by atoms with E-state index in [9.17, 15) is 8.42 Å². The fourth-order valence-corrected chi connectivity index (χ4v) is 1.68. The Hall–Kier alpha value is -1.07. The van der Waals surface area contributed by atoms with Crippen LogP contribution >= 0.6 is 12.2 Å². The fourth-order valence-electron chi connectivity index (χ4n) is 1.08. The first-order valence-electron chi connectivity index (χ1n) is 4.19. The third kappa shape index (κ3) is 3.89. The van der Waals surface area contributed by atoms with Crippen molar-refractivity contribution in [3.63, 3.8) is 0 Å². The van der Waals surface area contributed by atoms with Gasteiger partial charge in [0.15, 0.2) is 0 Å². The average molecular weight is 242 g/mol. The van der Waals surface area contributed by atoms with Crippen molar-refractivity contribution in [3.05, 3.63) is 29.8 Å². The Morgan fingerprint density at radius 1 is 1.33 bits per heavy atom. The summed E-state index contributed by atoms with van der Waals surface area (Å²) in [5.41, 5.74) is 0.983. The molecule has 80 valence electrons. The SMILES string of the molecule is NS(=O)(=O)c1ccc(CCN=C=S)cc1. The van der Waals surface area contributed by atoms with Crippen LogP contribution in [-0.2, 0) is 16.4 Å². The standard InChI is InChI=1S/C9H10N2O2S2/c10-15(12,13)9-3-1-8(2-4-9)5-6-11-7-14/h1-4H,5-6H2,(H2,10,12,13). The van der Waals surface area contributed by atoms with E-state index in [1.165, 1.54) is 12.1 Å². The van der Waals surface area contributed by atoms with Crippen LogP contribution < -0.4 is 5.14 Å². The fraction of sp³-hybridized carbons (Fsp3) is 0.222. The first-order chi connectivity index (χ1) is 7.04. The molecule has 0 aliphatic carbocycles. The highest BCUT2D eigenvalue weighted by molar-refractivity contribution is 7.89. The summed E-state index contributed by atoms with van der Waals surface area (Å²) in [4.78, 5) is 3.88. The predicted molar refractivity (Wildman–Crippen MR) is 61.4 cm³/mol. The van der Waals surface area contributed by atoms with Gasteiger partial charge in [-0.25, -0.2) is 18.5 Å². The molecular weight excluding hydrogens is 232 g/mol. The first-order valence-corrected chi connectivity index (χ1v) is 6.15. The van der Waals surface area contributed by atoms with Crippen molar-refractivity contribution in [2.45, 2.75) is 11.3 Å². The minimum Gasteiger partial charge on any atom is -0.232 e. The normalized spacial score (nSPS) is 10.7. The molecule has 0 saturated carbocycles. The van der Waals surface area contributed by atoms with Gasteiger partial charge in [0, 0.05) is 0 Å². The van der Waals surface area contributed by atoms with Gasteiger partial charge in [-0.15, -0.1) is 0 Å². The van der Waals surface area contributed by atoms with E-state index >= 15 is 0 Å². The molecule has 0 atom stereocenters. The minimum atomic E-state index is -3.60. The highest BCUT2D eigenvalue weighted by Gasteiger charge is 2.06. The number of thiocarbonyl (C=S) groups is 1. The highest BCUT2D eigenvalue weighted by atomic mass is 32.2. The van der Waals surface area contributed by atoms with E-state index < -0.39 is 10.0 Å². The van der Waals surface area contributed by atoms with Crippen LogP contribution in [-0.4, -0.2) is 20.1 Å². The molecule has 15 heavy (non-hydrogen) atoms. The van der Waals surface area contributed by atoms with Crippen molar-refractivity contribution < 1.29 is 8.42 Å². The quantitative estimate of drug-likeness (QED) is 0.632. The first kappa shape index (κ1) is 12.0. The lowest BCUT2D eigenvalue weighted by atomic mass is 10.2. The largest absolute Gasteiger partial charge is 0.238 e. The lowest BCUT2D eigenvalue weighted by Crippen LogP contribution is -2.11. The lowest BCUT2D eigenvalue weighted by molar-refractivity contribution is 0.598. The van der Waals surface area contributed by atoms with E-state index in [1.807, 2.05) is 0 Å². The maximum atomic E-state index is 10.9. The number of hydrogen-bond acceptors (Lipinski definition) is 4. The zero-order chi connectivity index (χ0) is 11.3. The van der Waals surface area contributed by atoms with Crippen LogP contribution in [0.5, 0.6) is 0 Å². The number of isothiocyanates is 1. The van der Waals surface area contributed by atoms with Gasteiger partial charge in [-0.2, -0.15) is 0 Å². The van der Waals surface area contributed by atoms with Crippen molar-refractivity contribution in [1.82, 2.24) is 0 Å². The zero-order valence-electron chi connectivity index (χ0n) is 7.88. The molecule has 1 aromatic rings. The summed E-state index contributed by atoms with van der Waals surface area (Å²) in [6.07, 6.45) is 0.703. The van der Waals surface area contributed by atoms with Crippen molar-refractivity contribution in [3.8, 4) is 0 Å². The predicted octanol–water partition coefficient (Wildman–Crippen LogP) is 0.979. The highest BCUT2D eigenvalue weighted by Crippen LogP contribution is 2.09. The number of hydrogen-bond donors (Lipinski definition) is 1. The molecule has 2 N–H and O–H groups in total. The van der Waals surface area contributed by atoms with Crippen LogP contribution in [0.4, 0.5) is 0 Å². The number of rotatable bonds is 4. The maximum Gasteiger partial charge on any atom is 0.238 e. The minimum absolute atomic E-state index is 0.115. The van der Waals surface area contributed by atoms with Crippen LogP contribution in [0.2, 0.25) is 0 Å². The molecule has 0 radical (unpaired) electrons. The molecule has 0 aliphatic heterocycles. The zero-order valence-corrected chi connectivity index (χ0v) is 9.51. The summed E-state index contributed by atoms with van der Waals surface area (Å²) < 4.78 is 21.9. The van der Waals surface area contributed by atoms with E-state index in [0.717, 1.165) is 5.56 Å². The molecule has 1 aromatic carbocycles. The molecule has 0 fully saturated rings. The molecular formula is C9H10N2O2S2. The van der Waals surface area contributed by atoms with Crippen LogP contribution in [0.1, 0.15) is 5.56 Å². The molecule has 0 unspecified atom stereocenters. The number of aliphatic imine (C=N–C) groups is 1. The molecule has 0 aromatic heterocycles.